The van der Waals surface area contributed by atoms with Crippen LogP contribution in [0.2, 0.25) is 0 Å². The summed E-state index contributed by atoms with van der Waals surface area (Å²) in [6, 6.07) is 0. The molecule has 0 aromatic heterocycles. The van der Waals surface area contributed by atoms with Crippen molar-refractivity contribution in [3.8, 4) is 0 Å². The molecule has 0 spiro atoms. The van der Waals surface area contributed by atoms with Crippen LogP contribution >= 0.6 is 0 Å². The van der Waals surface area contributed by atoms with Crippen LogP contribution in [0.4, 0.5) is 0 Å². The smallest absolute Gasteiger partial charge is 0.320 e. The van der Waals surface area contributed by atoms with Gasteiger partial charge in [0.05, 0.1) is 11.8 Å². The molecule has 3 aliphatic rings. The molecule has 3 heteroatoms. The van der Waals surface area contributed by atoms with Gasteiger partial charge in [-0.2, -0.15) is 0 Å². The Kier molecular flexibility index (Phi) is 2.00. The highest BCUT2D eigenvalue weighted by molar-refractivity contribution is 5.93. The van der Waals surface area contributed by atoms with E-state index in [1.807, 2.05) is 0 Å². The Hall–Kier alpha value is -1.12. The molecule has 86 valence electrons. The van der Waals surface area contributed by atoms with Gasteiger partial charge in [0, 0.05) is 5.41 Å². The molecule has 0 aromatic carbocycles. The number of carbonyl (C=O) groups excluding carboxylic acids is 2. The molecule has 0 amide bonds. The molecule has 0 radical (unpaired) electrons. The van der Waals surface area contributed by atoms with Crippen molar-refractivity contribution in [2.75, 3.05) is 0 Å². The van der Waals surface area contributed by atoms with Gasteiger partial charge >= 0.3 is 11.9 Å². The number of hydrogen-bond acceptors (Lipinski definition) is 3. The average molecular weight is 220 g/mol. The van der Waals surface area contributed by atoms with E-state index in [0.29, 0.717) is 6.42 Å². The van der Waals surface area contributed by atoms with Crippen LogP contribution in [0.25, 0.3) is 0 Å². The molecule has 0 aromatic rings. The fourth-order valence-corrected chi connectivity index (χ4v) is 3.85. The Morgan fingerprint density at radius 1 is 1.06 bits per heavy atom. The molecular weight excluding hydrogens is 204 g/mol. The van der Waals surface area contributed by atoms with E-state index in [0.717, 1.165) is 38.5 Å². The molecule has 0 bridgehead atoms. The van der Waals surface area contributed by atoms with Crippen molar-refractivity contribution >= 4 is 11.9 Å². The first kappa shape index (κ1) is 10.1. The first-order valence-electron chi connectivity index (χ1n) is 6.09. The van der Waals surface area contributed by atoms with Crippen molar-refractivity contribution < 1.29 is 14.3 Å². The fourth-order valence-electron chi connectivity index (χ4n) is 3.85. The summed E-state index contributed by atoms with van der Waals surface area (Å²) in [7, 11) is 0. The molecular formula is C13H16O3. The van der Waals surface area contributed by atoms with E-state index < -0.39 is 0 Å². The van der Waals surface area contributed by atoms with Crippen LogP contribution in [0, 0.1) is 10.8 Å². The normalized spacial score (nSPS) is 42.2. The van der Waals surface area contributed by atoms with Gasteiger partial charge in [-0.25, -0.2) is 0 Å². The number of rotatable bonds is 0. The largest absolute Gasteiger partial charge is 0.393 e. The summed E-state index contributed by atoms with van der Waals surface area (Å²) in [4.78, 5) is 23.6. The van der Waals surface area contributed by atoms with Gasteiger partial charge in [0.15, 0.2) is 0 Å². The van der Waals surface area contributed by atoms with Gasteiger partial charge in [0.2, 0.25) is 0 Å². The van der Waals surface area contributed by atoms with E-state index in [-0.39, 0.29) is 22.8 Å². The van der Waals surface area contributed by atoms with Crippen LogP contribution in [0.3, 0.4) is 0 Å². The van der Waals surface area contributed by atoms with E-state index in [1.54, 1.807) is 0 Å². The Labute approximate surface area is 94.8 Å². The zero-order chi connectivity index (χ0) is 11.2. The molecule has 2 fully saturated rings. The summed E-state index contributed by atoms with van der Waals surface area (Å²) in [5, 5.41) is 0. The van der Waals surface area contributed by atoms with Crippen LogP contribution in [0.15, 0.2) is 12.2 Å². The van der Waals surface area contributed by atoms with Gasteiger partial charge in [0.25, 0.3) is 0 Å². The lowest BCUT2D eigenvalue weighted by atomic mass is 9.49. The maximum Gasteiger partial charge on any atom is 0.320 e. The lowest BCUT2D eigenvalue weighted by molar-refractivity contribution is -0.193. The molecule has 1 saturated heterocycles. The Balaban J connectivity index is 2.10. The topological polar surface area (TPSA) is 43.4 Å². The summed E-state index contributed by atoms with van der Waals surface area (Å²) >= 11 is 0. The van der Waals surface area contributed by atoms with Crippen molar-refractivity contribution in [3.05, 3.63) is 12.2 Å². The molecule has 0 unspecified atom stereocenters. The van der Waals surface area contributed by atoms with Gasteiger partial charge < -0.3 is 4.74 Å². The van der Waals surface area contributed by atoms with Gasteiger partial charge in [0.1, 0.15) is 0 Å². The summed E-state index contributed by atoms with van der Waals surface area (Å²) in [6.07, 6.45) is 10.4. The predicted molar refractivity (Wildman–Crippen MR) is 57.4 cm³/mol. The van der Waals surface area contributed by atoms with Crippen molar-refractivity contribution in [2.24, 2.45) is 10.8 Å². The quantitative estimate of drug-likeness (QED) is 0.357. The van der Waals surface area contributed by atoms with Crippen LogP contribution in [0.5, 0.6) is 0 Å². The van der Waals surface area contributed by atoms with Gasteiger partial charge in [-0.1, -0.05) is 25.0 Å². The molecule has 3 nitrogen and oxygen atoms in total. The molecule has 1 saturated carbocycles. The number of cyclic esters (lactones) is 2. The number of hydrogen-bond donors (Lipinski definition) is 0. The summed E-state index contributed by atoms with van der Waals surface area (Å²) in [5.74, 6) is -0.578. The zero-order valence-electron chi connectivity index (χ0n) is 9.33. The molecule has 1 heterocycles. The Morgan fingerprint density at radius 3 is 2.69 bits per heavy atom. The number of esters is 2. The van der Waals surface area contributed by atoms with Crippen molar-refractivity contribution in [1.82, 2.24) is 0 Å². The summed E-state index contributed by atoms with van der Waals surface area (Å²) in [5.41, 5.74) is -0.500. The van der Waals surface area contributed by atoms with Crippen molar-refractivity contribution in [1.29, 1.82) is 0 Å². The first-order valence-corrected chi connectivity index (χ1v) is 6.09. The van der Waals surface area contributed by atoms with E-state index in [4.69, 9.17) is 4.74 Å². The molecule has 2 atom stereocenters. The summed E-state index contributed by atoms with van der Waals surface area (Å²) in [6.45, 7) is 0. The zero-order valence-corrected chi connectivity index (χ0v) is 9.33. The third kappa shape index (κ3) is 1.09. The van der Waals surface area contributed by atoms with Crippen LogP contribution in [-0.2, 0) is 14.3 Å². The lowest BCUT2D eigenvalue weighted by Crippen LogP contribution is -2.56. The highest BCUT2D eigenvalue weighted by Crippen LogP contribution is 2.61. The van der Waals surface area contributed by atoms with Crippen LogP contribution in [-0.4, -0.2) is 11.9 Å². The third-order valence-electron chi connectivity index (χ3n) is 4.75. The molecule has 1 aliphatic heterocycles. The first-order chi connectivity index (χ1) is 7.69. The highest BCUT2D eigenvalue weighted by atomic mass is 16.6. The molecule has 2 aliphatic carbocycles. The van der Waals surface area contributed by atoms with Crippen molar-refractivity contribution in [2.45, 2.75) is 44.9 Å². The second-order valence-corrected chi connectivity index (χ2v) is 5.39. The highest BCUT2D eigenvalue weighted by Gasteiger charge is 2.61. The van der Waals surface area contributed by atoms with E-state index in [2.05, 4.69) is 12.2 Å². The maximum atomic E-state index is 12.1. The number of allylic oxidation sites excluding steroid dienone is 2. The standard InChI is InChI=1S/C13H16O3/c14-10-9-12-5-1-3-7-13(12,11(15)16-10)8-4-2-6-12/h1,3H,2,4-9H2/t12-,13-/m1/s1. The monoisotopic (exact) mass is 220 g/mol. The minimum absolute atomic E-state index is 0.119. The van der Waals surface area contributed by atoms with E-state index in [1.165, 1.54) is 0 Å². The van der Waals surface area contributed by atoms with Gasteiger partial charge in [-0.05, 0) is 25.7 Å². The van der Waals surface area contributed by atoms with Gasteiger partial charge in [-0.3, -0.25) is 9.59 Å². The van der Waals surface area contributed by atoms with Crippen molar-refractivity contribution in [3.63, 3.8) is 0 Å². The maximum absolute atomic E-state index is 12.1. The molecule has 0 N–H and O–H groups in total. The minimum Gasteiger partial charge on any atom is -0.393 e. The predicted octanol–water partition coefficient (Wildman–Crippen LogP) is 2.36. The summed E-state index contributed by atoms with van der Waals surface area (Å²) < 4.78 is 4.90. The fraction of sp³-hybridized carbons (Fsp3) is 0.692. The van der Waals surface area contributed by atoms with E-state index in [9.17, 15) is 9.59 Å². The molecule has 16 heavy (non-hydrogen) atoms. The Morgan fingerprint density at radius 2 is 1.81 bits per heavy atom. The number of ether oxygens (including phenoxy) is 1. The lowest BCUT2D eigenvalue weighted by Gasteiger charge is -2.54. The minimum atomic E-state index is -0.381. The van der Waals surface area contributed by atoms with Gasteiger partial charge in [-0.15, -0.1) is 0 Å². The second-order valence-electron chi connectivity index (χ2n) is 5.39. The SMILES string of the molecule is O=C1C[C@]23CC=CC[C@@]2(CCCC3)C(=O)O1. The molecule has 3 rings (SSSR count). The second kappa shape index (κ2) is 3.19. The van der Waals surface area contributed by atoms with Crippen LogP contribution < -0.4 is 0 Å². The van der Waals surface area contributed by atoms with Crippen LogP contribution in [0.1, 0.15) is 44.9 Å². The number of carbonyl (C=O) groups is 2. The average Bonchev–Trinajstić information content (AvgIpc) is 2.27. The third-order valence-corrected chi connectivity index (χ3v) is 4.75. The Bertz CT molecular complexity index is 385. The van der Waals surface area contributed by atoms with E-state index >= 15 is 0 Å².